The predicted octanol–water partition coefficient (Wildman–Crippen LogP) is 0.374. The number of pyridine rings is 1. The van der Waals surface area contributed by atoms with Crippen molar-refractivity contribution in [1.82, 2.24) is 9.88 Å². The highest BCUT2D eigenvalue weighted by molar-refractivity contribution is 9.10. The molecular weight excluding hydrogens is 300 g/mol. The minimum Gasteiger partial charge on any atom is -0.384 e. The molecule has 18 heavy (non-hydrogen) atoms. The number of carbonyl (C=O) groups is 2. The van der Waals surface area contributed by atoms with Crippen LogP contribution in [0.2, 0.25) is 0 Å². The highest BCUT2D eigenvalue weighted by atomic mass is 79.9. The van der Waals surface area contributed by atoms with Crippen LogP contribution in [-0.4, -0.2) is 34.8 Å². The maximum absolute atomic E-state index is 12.2. The van der Waals surface area contributed by atoms with Crippen LogP contribution in [-0.2, 0) is 4.79 Å². The van der Waals surface area contributed by atoms with Gasteiger partial charge in [-0.25, -0.2) is 4.98 Å². The number of carbonyl (C=O) groups excluding carboxylic acids is 2. The van der Waals surface area contributed by atoms with E-state index in [4.69, 9.17) is 11.5 Å². The lowest BCUT2D eigenvalue weighted by molar-refractivity contribution is -0.121. The molecule has 1 saturated heterocycles. The third-order valence-corrected chi connectivity index (χ3v) is 3.62. The van der Waals surface area contributed by atoms with Crippen molar-refractivity contribution in [3.05, 3.63) is 22.3 Å². The molecule has 96 valence electrons. The first-order chi connectivity index (χ1) is 8.49. The molecule has 0 radical (unpaired) electrons. The summed E-state index contributed by atoms with van der Waals surface area (Å²) in [6.45, 7) is 0.893. The molecule has 1 aromatic rings. The van der Waals surface area contributed by atoms with E-state index in [0.717, 1.165) is 0 Å². The molecule has 7 heteroatoms. The molecule has 2 rings (SSSR count). The second-order valence-electron chi connectivity index (χ2n) is 4.23. The van der Waals surface area contributed by atoms with Gasteiger partial charge in [-0.05, 0) is 28.4 Å². The largest absolute Gasteiger partial charge is 0.384 e. The number of nitrogens with zero attached hydrogens (tertiary/aromatic N) is 2. The zero-order valence-electron chi connectivity index (χ0n) is 9.60. The Labute approximate surface area is 112 Å². The van der Waals surface area contributed by atoms with Crippen LogP contribution in [0.5, 0.6) is 0 Å². The summed E-state index contributed by atoms with van der Waals surface area (Å²) in [5.41, 5.74) is 11.3. The van der Waals surface area contributed by atoms with Gasteiger partial charge in [0.25, 0.3) is 5.91 Å². The second-order valence-corrected chi connectivity index (χ2v) is 5.08. The quantitative estimate of drug-likeness (QED) is 0.823. The Bertz CT molecular complexity index is 506. The van der Waals surface area contributed by atoms with Gasteiger partial charge in [0.15, 0.2) is 0 Å². The minimum atomic E-state index is -0.362. The number of hydrogen-bond acceptors (Lipinski definition) is 4. The number of rotatable bonds is 2. The first-order valence-corrected chi connectivity index (χ1v) is 6.28. The van der Waals surface area contributed by atoms with Gasteiger partial charge in [0.05, 0.1) is 11.5 Å². The number of nitrogens with two attached hydrogens (primary N) is 2. The van der Waals surface area contributed by atoms with E-state index < -0.39 is 0 Å². The smallest absolute Gasteiger partial charge is 0.255 e. The Hall–Kier alpha value is -1.63. The molecule has 0 bridgehead atoms. The van der Waals surface area contributed by atoms with Gasteiger partial charge in [-0.3, -0.25) is 9.59 Å². The van der Waals surface area contributed by atoms with Crippen molar-refractivity contribution < 1.29 is 9.59 Å². The van der Waals surface area contributed by atoms with Crippen LogP contribution < -0.4 is 11.5 Å². The maximum Gasteiger partial charge on any atom is 0.255 e. The number of likely N-dealkylation sites (tertiary alicyclic amines) is 1. The summed E-state index contributed by atoms with van der Waals surface area (Å²) < 4.78 is 0.587. The van der Waals surface area contributed by atoms with E-state index in [1.54, 1.807) is 4.90 Å². The normalized spacial score (nSPS) is 18.9. The van der Waals surface area contributed by atoms with Crippen molar-refractivity contribution in [1.29, 1.82) is 0 Å². The monoisotopic (exact) mass is 312 g/mol. The highest BCUT2D eigenvalue weighted by Gasteiger charge is 2.30. The van der Waals surface area contributed by atoms with Crippen molar-refractivity contribution in [2.75, 3.05) is 18.8 Å². The zero-order valence-corrected chi connectivity index (χ0v) is 11.2. The number of halogens is 1. The van der Waals surface area contributed by atoms with Gasteiger partial charge in [0, 0.05) is 23.8 Å². The lowest BCUT2D eigenvalue weighted by Crippen LogP contribution is -2.32. The van der Waals surface area contributed by atoms with E-state index in [1.165, 1.54) is 12.3 Å². The summed E-state index contributed by atoms with van der Waals surface area (Å²) in [6, 6.07) is 1.52. The standard InChI is InChI=1S/C11H13BrN4O2/c12-8-4-15-9(13)3-7(8)11(18)16-2-1-6(5-16)10(14)17/h3-4,6H,1-2,5H2,(H2,13,15)(H2,14,17). The van der Waals surface area contributed by atoms with Crippen LogP contribution in [0.25, 0.3) is 0 Å². The first-order valence-electron chi connectivity index (χ1n) is 5.48. The second kappa shape index (κ2) is 4.93. The average Bonchev–Trinajstić information content (AvgIpc) is 2.81. The van der Waals surface area contributed by atoms with Crippen LogP contribution in [0.1, 0.15) is 16.8 Å². The summed E-state index contributed by atoms with van der Waals surface area (Å²) in [4.78, 5) is 28.8. The lowest BCUT2D eigenvalue weighted by Gasteiger charge is -2.16. The topological polar surface area (TPSA) is 102 Å². The summed E-state index contributed by atoms with van der Waals surface area (Å²) in [5, 5.41) is 0. The highest BCUT2D eigenvalue weighted by Crippen LogP contribution is 2.23. The molecule has 1 aliphatic heterocycles. The predicted molar refractivity (Wildman–Crippen MR) is 69.6 cm³/mol. The molecule has 1 aliphatic rings. The Morgan fingerprint density at radius 1 is 1.50 bits per heavy atom. The van der Waals surface area contributed by atoms with E-state index in [2.05, 4.69) is 20.9 Å². The van der Waals surface area contributed by atoms with Gasteiger partial charge >= 0.3 is 0 Å². The van der Waals surface area contributed by atoms with Crippen molar-refractivity contribution in [3.63, 3.8) is 0 Å². The fraction of sp³-hybridized carbons (Fsp3) is 0.364. The third-order valence-electron chi connectivity index (χ3n) is 2.98. The van der Waals surface area contributed by atoms with E-state index >= 15 is 0 Å². The molecular formula is C11H13BrN4O2. The number of primary amides is 1. The van der Waals surface area contributed by atoms with E-state index in [1.807, 2.05) is 0 Å². The molecule has 2 heterocycles. The molecule has 6 nitrogen and oxygen atoms in total. The van der Waals surface area contributed by atoms with Gasteiger partial charge < -0.3 is 16.4 Å². The van der Waals surface area contributed by atoms with Gasteiger partial charge in [0.1, 0.15) is 5.82 Å². The number of anilines is 1. The Balaban J connectivity index is 2.17. The number of nitrogen functional groups attached to an aromatic ring is 1. The number of hydrogen-bond donors (Lipinski definition) is 2. The number of aromatic nitrogens is 1. The third kappa shape index (κ3) is 2.45. The van der Waals surface area contributed by atoms with E-state index in [-0.39, 0.29) is 23.6 Å². The summed E-state index contributed by atoms with van der Waals surface area (Å²) in [5.74, 6) is -0.502. The van der Waals surface area contributed by atoms with Gasteiger partial charge in [-0.2, -0.15) is 0 Å². The van der Waals surface area contributed by atoms with Crippen LogP contribution in [0.15, 0.2) is 16.7 Å². The first kappa shape index (κ1) is 12.8. The van der Waals surface area contributed by atoms with Crippen molar-refractivity contribution in [2.24, 2.45) is 11.7 Å². The Kier molecular flexibility index (Phi) is 3.51. The molecule has 1 aromatic heterocycles. The fourth-order valence-corrected chi connectivity index (χ4v) is 2.35. The van der Waals surface area contributed by atoms with Crippen molar-refractivity contribution >= 4 is 33.6 Å². The number of amides is 2. The summed E-state index contributed by atoms with van der Waals surface area (Å²) >= 11 is 3.26. The van der Waals surface area contributed by atoms with Crippen LogP contribution in [0.4, 0.5) is 5.82 Å². The maximum atomic E-state index is 12.2. The lowest BCUT2D eigenvalue weighted by atomic mass is 10.1. The molecule has 1 atom stereocenters. The molecule has 1 fully saturated rings. The SMILES string of the molecule is NC(=O)C1CCN(C(=O)c2cc(N)ncc2Br)C1. The van der Waals surface area contributed by atoms with Gasteiger partial charge in [-0.1, -0.05) is 0 Å². The van der Waals surface area contributed by atoms with Crippen LogP contribution >= 0.6 is 15.9 Å². The summed E-state index contributed by atoms with van der Waals surface area (Å²) in [7, 11) is 0. The van der Waals surface area contributed by atoms with E-state index in [0.29, 0.717) is 29.5 Å². The summed E-state index contributed by atoms with van der Waals surface area (Å²) in [6.07, 6.45) is 2.10. The molecule has 2 amide bonds. The molecule has 0 aromatic carbocycles. The Morgan fingerprint density at radius 2 is 2.22 bits per heavy atom. The van der Waals surface area contributed by atoms with E-state index in [9.17, 15) is 9.59 Å². The zero-order chi connectivity index (χ0) is 13.3. The molecule has 4 N–H and O–H groups in total. The van der Waals surface area contributed by atoms with Crippen LogP contribution in [0.3, 0.4) is 0 Å². The minimum absolute atomic E-state index is 0.167. The molecule has 1 unspecified atom stereocenters. The van der Waals surface area contributed by atoms with Gasteiger partial charge in [-0.15, -0.1) is 0 Å². The average molecular weight is 313 g/mol. The van der Waals surface area contributed by atoms with Crippen LogP contribution in [0, 0.1) is 5.92 Å². The Morgan fingerprint density at radius 3 is 2.83 bits per heavy atom. The fourth-order valence-electron chi connectivity index (χ4n) is 1.97. The van der Waals surface area contributed by atoms with Crippen molar-refractivity contribution in [2.45, 2.75) is 6.42 Å². The molecule has 0 saturated carbocycles. The van der Waals surface area contributed by atoms with Gasteiger partial charge in [0.2, 0.25) is 5.91 Å². The molecule has 0 spiro atoms. The van der Waals surface area contributed by atoms with Crippen molar-refractivity contribution in [3.8, 4) is 0 Å². The molecule has 0 aliphatic carbocycles.